The van der Waals surface area contributed by atoms with Crippen LogP contribution in [0.15, 0.2) is 76.9 Å². The van der Waals surface area contributed by atoms with Gasteiger partial charge in [-0.2, -0.15) is 0 Å². The van der Waals surface area contributed by atoms with Crippen molar-refractivity contribution in [3.8, 4) is 0 Å². The predicted octanol–water partition coefficient (Wildman–Crippen LogP) is 9.35. The highest BCUT2D eigenvalue weighted by molar-refractivity contribution is 6.13. The number of benzene rings is 2. The summed E-state index contributed by atoms with van der Waals surface area (Å²) in [6.45, 7) is 18.4. The van der Waals surface area contributed by atoms with Gasteiger partial charge in [0.1, 0.15) is 0 Å². The van der Waals surface area contributed by atoms with Crippen LogP contribution in [0.1, 0.15) is 91.3 Å². The molecule has 2 aromatic rings. The van der Waals surface area contributed by atoms with E-state index in [-0.39, 0.29) is 11.5 Å². The van der Waals surface area contributed by atoms with Crippen molar-refractivity contribution in [1.29, 1.82) is 0 Å². The van der Waals surface area contributed by atoms with Crippen LogP contribution >= 0.6 is 0 Å². The molecule has 10 atom stereocenters. The summed E-state index contributed by atoms with van der Waals surface area (Å²) in [5, 5.41) is 15.1. The Labute approximate surface area is 270 Å². The number of fused-ring (bicyclic) bond motifs is 13. The average Bonchev–Trinajstić information content (AvgIpc) is 3.23. The highest BCUT2D eigenvalue weighted by Gasteiger charge is 2.88. The molecule has 2 aromatic carbocycles. The van der Waals surface area contributed by atoms with Crippen LogP contribution in [0.2, 0.25) is 0 Å². The van der Waals surface area contributed by atoms with Crippen LogP contribution < -0.4 is 0 Å². The number of methoxy groups -OCH3 is 1. The Morgan fingerprint density at radius 2 is 1.78 bits per heavy atom. The molecule has 0 radical (unpaired) electrons. The number of aliphatic imine (C=N–C) groups is 1. The Hall–Kier alpha value is -2.75. The third-order valence-corrected chi connectivity index (χ3v) is 13.6. The van der Waals surface area contributed by atoms with Gasteiger partial charge < -0.3 is 9.84 Å². The molecule has 1 N–H and O–H groups in total. The molecule has 1 aliphatic heterocycles. The number of aliphatic hydroxyl groups is 1. The molecule has 5 aliphatic carbocycles. The molecular weight excluding hydrogens is 550 g/mol. The predicted molar refractivity (Wildman–Crippen MR) is 186 cm³/mol. The van der Waals surface area contributed by atoms with Crippen molar-refractivity contribution in [2.45, 2.75) is 97.3 Å². The van der Waals surface area contributed by atoms with Crippen LogP contribution in [-0.2, 0) is 15.6 Å². The standard InChI is InChI=1S/C42H51NO2/c1-10-23(2)19-25-15-16-26-17-18-28-31(30(26)20-25)22-34-35(28)36-32-21-33(39(4,5)6)27-13-11-12-14-29(27)38(32)41(8)40(7,42(41,44)45-9)37(36)24(3)43-34/h11-18,20-21,23,26,28,30-31,34-35,44H,10,19,22H2,1-9H3. The third kappa shape index (κ3) is 3.53. The van der Waals surface area contributed by atoms with Crippen LogP contribution in [0, 0.1) is 40.9 Å². The van der Waals surface area contributed by atoms with Crippen molar-refractivity contribution in [3.63, 3.8) is 0 Å². The Morgan fingerprint density at radius 1 is 1.04 bits per heavy atom. The second kappa shape index (κ2) is 9.41. The number of ether oxygens (including phenoxy) is 1. The Bertz CT molecular complexity index is 1780. The summed E-state index contributed by atoms with van der Waals surface area (Å²) >= 11 is 0. The first-order valence-corrected chi connectivity index (χ1v) is 17.5. The number of hydrogen-bond donors (Lipinski definition) is 1. The molecule has 3 heteroatoms. The van der Waals surface area contributed by atoms with E-state index in [0.29, 0.717) is 35.5 Å². The van der Waals surface area contributed by atoms with Gasteiger partial charge in [0.05, 0.1) is 16.9 Å². The maximum atomic E-state index is 12.5. The SMILES string of the molecule is CCC(C)CC1=CC2C(C=C1)C=CC1C2CC2N=C(C)C3=C(c4cc(C(C)(C)C)c5ccccc5c4C4(C)C(O)(OC)C34C)C21. The van der Waals surface area contributed by atoms with Gasteiger partial charge >= 0.3 is 0 Å². The summed E-state index contributed by atoms with van der Waals surface area (Å²) in [6, 6.07) is 11.7. The van der Waals surface area contributed by atoms with Gasteiger partial charge in [-0.05, 0) is 107 Å². The lowest BCUT2D eigenvalue weighted by atomic mass is 9.62. The quantitative estimate of drug-likeness (QED) is 0.280. The van der Waals surface area contributed by atoms with Gasteiger partial charge in [-0.3, -0.25) is 4.99 Å². The van der Waals surface area contributed by atoms with Gasteiger partial charge in [0.15, 0.2) is 5.79 Å². The summed E-state index contributed by atoms with van der Waals surface area (Å²) in [7, 11) is 1.69. The topological polar surface area (TPSA) is 41.8 Å². The average molecular weight is 602 g/mol. The molecule has 8 rings (SSSR count). The van der Waals surface area contributed by atoms with E-state index in [4.69, 9.17) is 9.73 Å². The molecular formula is C42H51NO2. The zero-order valence-electron chi connectivity index (χ0n) is 28.7. The molecule has 45 heavy (non-hydrogen) atoms. The van der Waals surface area contributed by atoms with Crippen LogP contribution in [-0.4, -0.2) is 29.8 Å². The van der Waals surface area contributed by atoms with Crippen molar-refractivity contribution < 1.29 is 9.84 Å². The summed E-state index contributed by atoms with van der Waals surface area (Å²) < 4.78 is 6.18. The molecule has 10 unspecified atom stereocenters. The minimum Gasteiger partial charge on any atom is -0.364 e. The number of allylic oxidation sites excluding steroid dienone is 6. The van der Waals surface area contributed by atoms with Crippen molar-refractivity contribution in [2.24, 2.45) is 45.9 Å². The van der Waals surface area contributed by atoms with Gasteiger partial charge in [0, 0.05) is 24.7 Å². The second-order valence-electron chi connectivity index (χ2n) is 16.7. The van der Waals surface area contributed by atoms with Crippen molar-refractivity contribution in [3.05, 3.63) is 88.5 Å². The van der Waals surface area contributed by atoms with Crippen LogP contribution in [0.3, 0.4) is 0 Å². The summed E-state index contributed by atoms with van der Waals surface area (Å²) in [4.78, 5) is 5.55. The first-order chi connectivity index (χ1) is 21.3. The minimum atomic E-state index is -1.31. The summed E-state index contributed by atoms with van der Waals surface area (Å²) in [5.41, 5.74) is 8.07. The fraction of sp³-hybridized carbons (Fsp3) is 0.548. The molecule has 0 aromatic heterocycles. The molecule has 3 nitrogen and oxygen atoms in total. The van der Waals surface area contributed by atoms with E-state index in [1.807, 2.05) is 0 Å². The largest absolute Gasteiger partial charge is 0.364 e. The van der Waals surface area contributed by atoms with Crippen LogP contribution in [0.5, 0.6) is 0 Å². The highest BCUT2D eigenvalue weighted by Crippen LogP contribution is 2.81. The van der Waals surface area contributed by atoms with Crippen molar-refractivity contribution in [2.75, 3.05) is 7.11 Å². The van der Waals surface area contributed by atoms with E-state index in [2.05, 4.69) is 116 Å². The first kappa shape index (κ1) is 29.6. The highest BCUT2D eigenvalue weighted by atomic mass is 16.6. The molecule has 6 aliphatic rings. The molecule has 1 heterocycles. The summed E-state index contributed by atoms with van der Waals surface area (Å²) in [6.07, 6.45) is 16.1. The fourth-order valence-corrected chi connectivity index (χ4v) is 11.1. The van der Waals surface area contributed by atoms with Crippen LogP contribution in [0.4, 0.5) is 0 Å². The second-order valence-corrected chi connectivity index (χ2v) is 16.7. The molecule has 2 fully saturated rings. The van der Waals surface area contributed by atoms with Crippen molar-refractivity contribution in [1.82, 2.24) is 0 Å². The van der Waals surface area contributed by atoms with E-state index < -0.39 is 16.6 Å². The minimum absolute atomic E-state index is 0.0310. The molecule has 0 amide bonds. The third-order valence-electron chi connectivity index (χ3n) is 13.6. The van der Waals surface area contributed by atoms with Gasteiger partial charge in [0.2, 0.25) is 0 Å². The number of rotatable bonds is 4. The monoisotopic (exact) mass is 601 g/mol. The van der Waals surface area contributed by atoms with Gasteiger partial charge in [-0.1, -0.05) is 101 Å². The van der Waals surface area contributed by atoms with Crippen molar-refractivity contribution >= 4 is 22.1 Å². The number of nitrogens with zero attached hydrogens (tertiary/aromatic N) is 1. The molecule has 0 bridgehead atoms. The molecule has 0 spiro atoms. The Kier molecular flexibility index (Phi) is 6.20. The summed E-state index contributed by atoms with van der Waals surface area (Å²) in [5.74, 6) is 1.67. The maximum Gasteiger partial charge on any atom is 0.186 e. The molecule has 0 saturated heterocycles. The Morgan fingerprint density at radius 3 is 2.47 bits per heavy atom. The number of dihydropyridines is 1. The van der Waals surface area contributed by atoms with Gasteiger partial charge in [0.25, 0.3) is 0 Å². The van der Waals surface area contributed by atoms with Crippen LogP contribution in [0.25, 0.3) is 16.3 Å². The first-order valence-electron chi connectivity index (χ1n) is 17.5. The lowest BCUT2D eigenvalue weighted by molar-refractivity contribution is -0.134. The fourth-order valence-electron chi connectivity index (χ4n) is 11.1. The van der Waals surface area contributed by atoms with E-state index in [1.165, 1.54) is 57.0 Å². The Balaban J connectivity index is 1.36. The van der Waals surface area contributed by atoms with E-state index in [9.17, 15) is 5.11 Å². The zero-order valence-corrected chi connectivity index (χ0v) is 28.7. The van der Waals surface area contributed by atoms with E-state index in [1.54, 1.807) is 7.11 Å². The van der Waals surface area contributed by atoms with Gasteiger partial charge in [-0.25, -0.2) is 0 Å². The van der Waals surface area contributed by atoms with Gasteiger partial charge in [-0.15, -0.1) is 0 Å². The number of hydrogen-bond acceptors (Lipinski definition) is 3. The van der Waals surface area contributed by atoms with E-state index in [0.717, 1.165) is 12.1 Å². The smallest absolute Gasteiger partial charge is 0.186 e. The molecule has 236 valence electrons. The lowest BCUT2D eigenvalue weighted by Crippen LogP contribution is -2.36. The molecule has 2 saturated carbocycles. The zero-order chi connectivity index (χ0) is 31.8. The maximum absolute atomic E-state index is 12.5. The normalized spacial score (nSPS) is 39.7. The lowest BCUT2D eigenvalue weighted by Gasteiger charge is -2.42. The van der Waals surface area contributed by atoms with E-state index >= 15 is 0 Å².